The average Bonchev–Trinajstić information content (AvgIpc) is 1.87. The summed E-state index contributed by atoms with van der Waals surface area (Å²) in [5.74, 6) is 4.34. The van der Waals surface area contributed by atoms with E-state index in [9.17, 15) is 9.36 Å². The first kappa shape index (κ1) is 9.73. The van der Waals surface area contributed by atoms with Crippen molar-refractivity contribution in [1.29, 1.82) is 0 Å². The van der Waals surface area contributed by atoms with Gasteiger partial charge in [-0.2, -0.15) is 4.62 Å². The third kappa shape index (κ3) is 3.04. The van der Waals surface area contributed by atoms with Crippen LogP contribution < -0.4 is 5.90 Å². The highest BCUT2D eigenvalue weighted by atomic mass is 32.1. The minimum atomic E-state index is -4.19. The molecule has 1 atom stereocenters. The van der Waals surface area contributed by atoms with Crippen molar-refractivity contribution in [1.82, 2.24) is 0 Å². The molecule has 0 fully saturated rings. The van der Waals surface area contributed by atoms with Crippen LogP contribution >= 0.6 is 20.7 Å². The highest BCUT2D eigenvalue weighted by Crippen LogP contribution is 2.48. The summed E-state index contributed by atoms with van der Waals surface area (Å²) in [5.41, 5.74) is 0. The van der Waals surface area contributed by atoms with Gasteiger partial charge in [0.15, 0.2) is 0 Å². The van der Waals surface area contributed by atoms with Crippen LogP contribution in [0, 0.1) is 0 Å². The van der Waals surface area contributed by atoms with Crippen molar-refractivity contribution in [3.63, 3.8) is 0 Å². The molecule has 0 aliphatic rings. The van der Waals surface area contributed by atoms with Gasteiger partial charge in [0.05, 0.1) is 0 Å². The predicted molar refractivity (Wildman–Crippen MR) is 32.1 cm³/mol. The van der Waals surface area contributed by atoms with E-state index in [1.54, 1.807) is 0 Å². The molecule has 0 aliphatic carbocycles. The van der Waals surface area contributed by atoms with Gasteiger partial charge in [0.1, 0.15) is 0 Å². The summed E-state index contributed by atoms with van der Waals surface area (Å²) in [5, 5.41) is 7.87. The van der Waals surface area contributed by atoms with Gasteiger partial charge in [0.25, 0.3) is 0 Å². The van der Waals surface area contributed by atoms with Crippen LogP contribution in [0.1, 0.15) is 0 Å². The molecule has 3 N–H and O–H groups in total. The van der Waals surface area contributed by atoms with E-state index in [-0.39, 0.29) is 0 Å². The molecule has 0 saturated carbocycles. The molecule has 0 saturated heterocycles. The molecule has 9 heteroatoms. The quantitative estimate of drug-likeness (QED) is 0.257. The summed E-state index contributed by atoms with van der Waals surface area (Å²) in [6.45, 7) is 0. The molecule has 0 aromatic carbocycles. The molecular formula is CH4NO6PS. The molecule has 1 unspecified atom stereocenters. The molecule has 0 spiro atoms. The van der Waals surface area contributed by atoms with Crippen LogP contribution in [0.4, 0.5) is 4.79 Å². The molecule has 10 heavy (non-hydrogen) atoms. The van der Waals surface area contributed by atoms with E-state index in [1.165, 1.54) is 0 Å². The molecule has 0 aliphatic heterocycles. The number of nitrogens with two attached hydrogens (primary N) is 1. The van der Waals surface area contributed by atoms with Gasteiger partial charge in [0, 0.05) is 0 Å². The summed E-state index contributed by atoms with van der Waals surface area (Å²) in [4.78, 5) is 9.69. The summed E-state index contributed by atoms with van der Waals surface area (Å²) in [6, 6.07) is 0. The zero-order valence-corrected chi connectivity index (χ0v) is 6.25. The zero-order valence-electron chi connectivity index (χ0n) is 4.46. The van der Waals surface area contributed by atoms with Crippen molar-refractivity contribution in [3.05, 3.63) is 0 Å². The fourth-order valence-electron chi connectivity index (χ4n) is 0.153. The Bertz CT molecular complexity index is 161. The molecule has 0 aromatic heterocycles. The van der Waals surface area contributed by atoms with Gasteiger partial charge in [0.2, 0.25) is 0 Å². The number of hydrogen-bond donors (Lipinski definition) is 3. The highest BCUT2D eigenvalue weighted by molar-refractivity contribution is 7.80. The highest BCUT2D eigenvalue weighted by Gasteiger charge is 2.29. The lowest BCUT2D eigenvalue weighted by Crippen LogP contribution is -2.04. The first-order valence-electron chi connectivity index (χ1n) is 1.78. The topological polar surface area (TPSA) is 108 Å². The van der Waals surface area contributed by atoms with Gasteiger partial charge in [-0.3, -0.25) is 0 Å². The second-order valence-electron chi connectivity index (χ2n) is 0.991. The Hall–Kier alpha value is -0.270. The lowest BCUT2D eigenvalue weighted by atomic mass is 11.5. The SMILES string of the molecule is NOP(=O)(OS)OC(=O)O. The van der Waals surface area contributed by atoms with Crippen molar-refractivity contribution in [2.75, 3.05) is 0 Å². The molecule has 60 valence electrons. The van der Waals surface area contributed by atoms with Gasteiger partial charge in [-0.05, 0) is 12.9 Å². The van der Waals surface area contributed by atoms with Crippen molar-refractivity contribution in [2.24, 2.45) is 5.90 Å². The number of carbonyl (C=O) groups is 1. The lowest BCUT2D eigenvalue weighted by Gasteiger charge is -2.06. The number of carboxylic acid groups (broad SMARTS) is 1. The standard InChI is InChI=1S/CH4NO6PS/c2-7-9(5,8-10)6-1(3)4/h10H,2H2,(H,3,4). The van der Waals surface area contributed by atoms with Crippen molar-refractivity contribution < 1.29 is 27.6 Å². The Labute approximate surface area is 61.2 Å². The summed E-state index contributed by atoms with van der Waals surface area (Å²) in [6.07, 6.45) is -1.83. The Morgan fingerprint density at radius 1 is 1.70 bits per heavy atom. The maximum absolute atomic E-state index is 10.5. The van der Waals surface area contributed by atoms with Gasteiger partial charge >= 0.3 is 14.0 Å². The summed E-state index contributed by atoms with van der Waals surface area (Å²) in [7, 11) is -4.19. The Morgan fingerprint density at radius 3 is 2.30 bits per heavy atom. The van der Waals surface area contributed by atoms with E-state index in [4.69, 9.17) is 5.11 Å². The van der Waals surface area contributed by atoms with Gasteiger partial charge < -0.3 is 9.63 Å². The van der Waals surface area contributed by atoms with Crippen LogP contribution in [0.2, 0.25) is 0 Å². The van der Waals surface area contributed by atoms with Gasteiger partial charge in [-0.15, -0.1) is 0 Å². The average molecular weight is 189 g/mol. The molecule has 0 amide bonds. The van der Waals surface area contributed by atoms with E-state index < -0.39 is 14.0 Å². The van der Waals surface area contributed by atoms with Crippen LogP contribution in [0.15, 0.2) is 0 Å². The van der Waals surface area contributed by atoms with E-state index in [1.807, 2.05) is 0 Å². The van der Waals surface area contributed by atoms with Crippen LogP contribution in [-0.4, -0.2) is 11.3 Å². The van der Waals surface area contributed by atoms with E-state index in [0.29, 0.717) is 0 Å². The monoisotopic (exact) mass is 189 g/mol. The Morgan fingerprint density at radius 2 is 2.20 bits per heavy atom. The van der Waals surface area contributed by atoms with E-state index in [0.717, 1.165) is 0 Å². The molecule has 0 rings (SSSR count). The van der Waals surface area contributed by atoms with Crippen molar-refractivity contribution in [3.8, 4) is 0 Å². The van der Waals surface area contributed by atoms with Crippen LogP contribution in [0.3, 0.4) is 0 Å². The Balaban J connectivity index is 4.07. The van der Waals surface area contributed by atoms with E-state index >= 15 is 0 Å². The lowest BCUT2D eigenvalue weighted by molar-refractivity contribution is 0.118. The minimum Gasteiger partial charge on any atom is -0.449 e. The van der Waals surface area contributed by atoms with Crippen LogP contribution in [0.25, 0.3) is 0 Å². The zero-order chi connectivity index (χ0) is 8.20. The number of rotatable bonds is 3. The van der Waals surface area contributed by atoms with Crippen molar-refractivity contribution in [2.45, 2.75) is 0 Å². The maximum atomic E-state index is 10.5. The number of hydrogen-bond acceptors (Lipinski definition) is 7. The summed E-state index contributed by atoms with van der Waals surface area (Å²) < 4.78 is 21.3. The first-order chi connectivity index (χ1) is 4.54. The van der Waals surface area contributed by atoms with Crippen LogP contribution in [0.5, 0.6) is 0 Å². The third-order valence-electron chi connectivity index (χ3n) is 0.419. The van der Waals surface area contributed by atoms with Gasteiger partial charge in [-0.1, -0.05) is 0 Å². The second-order valence-corrected chi connectivity index (χ2v) is 2.93. The van der Waals surface area contributed by atoms with Crippen LogP contribution in [-0.2, 0) is 17.7 Å². The summed E-state index contributed by atoms with van der Waals surface area (Å²) >= 11 is 3.00. The molecule has 7 nitrogen and oxygen atoms in total. The molecule has 0 radical (unpaired) electrons. The number of phosphoric acid groups is 1. The van der Waals surface area contributed by atoms with Gasteiger partial charge in [-0.25, -0.2) is 19.2 Å². The molecular weight excluding hydrogens is 185 g/mol. The largest absolute Gasteiger partial charge is 0.562 e. The first-order valence-corrected chi connectivity index (χ1v) is 3.61. The molecule has 0 heterocycles. The Kier molecular flexibility index (Phi) is 3.69. The fraction of sp³-hybridized carbons (Fsp3) is 0. The molecule has 0 aromatic rings. The smallest absolute Gasteiger partial charge is 0.449 e. The maximum Gasteiger partial charge on any atom is 0.562 e. The second kappa shape index (κ2) is 3.79. The minimum absolute atomic E-state index is 1.83. The van der Waals surface area contributed by atoms with Crippen molar-refractivity contribution >= 4 is 26.9 Å². The predicted octanol–water partition coefficient (Wildman–Crippen LogP) is 0.541. The normalized spacial score (nSPS) is 15.8. The van der Waals surface area contributed by atoms with E-state index in [2.05, 4.69) is 31.9 Å². The fourth-order valence-corrected chi connectivity index (χ4v) is 0.675. The number of thiol groups is 1. The third-order valence-corrected chi connectivity index (χ3v) is 1.86. The molecule has 0 bridgehead atoms.